The Kier molecular flexibility index (Phi) is 6.06. The molecule has 1 aliphatic rings. The molecule has 156 valence electrons. The highest BCUT2D eigenvalue weighted by Crippen LogP contribution is 2.53. The number of rotatable bonds is 6. The van der Waals surface area contributed by atoms with E-state index in [9.17, 15) is 4.57 Å². The van der Waals surface area contributed by atoms with Crippen molar-refractivity contribution in [2.75, 3.05) is 7.11 Å². The van der Waals surface area contributed by atoms with Crippen molar-refractivity contribution in [1.82, 2.24) is 5.20 Å². The molecule has 0 fully saturated rings. The topological polar surface area (TPSA) is 59.9 Å². The second-order valence-corrected chi connectivity index (χ2v) is 9.19. The molecule has 4 rings (SSSR count). The van der Waals surface area contributed by atoms with Gasteiger partial charge in [0, 0.05) is 22.8 Å². The molecule has 0 radical (unpaired) electrons. The van der Waals surface area contributed by atoms with Gasteiger partial charge in [-0.1, -0.05) is 60.7 Å². The molecule has 0 atom stereocenters. The van der Waals surface area contributed by atoms with Crippen LogP contribution < -0.4 is 9.93 Å². The second kappa shape index (κ2) is 9.07. The summed E-state index contributed by atoms with van der Waals surface area (Å²) in [6, 6.07) is 26.8. The fraction of sp³-hybridized carbons (Fsp3) is 0.0800. The Morgan fingerprint density at radius 3 is 1.84 bits per heavy atom. The maximum atomic E-state index is 13.8. The smallest absolute Gasteiger partial charge is 0.235 e. The minimum Gasteiger partial charge on any atom is -0.497 e. The highest BCUT2D eigenvalue weighted by Gasteiger charge is 2.26. The van der Waals surface area contributed by atoms with Crippen LogP contribution in [0.5, 0.6) is 5.75 Å². The minimum atomic E-state index is -3.16. The molecule has 1 N–H and O–H groups in total. The van der Waals surface area contributed by atoms with Crippen molar-refractivity contribution in [2.24, 2.45) is 5.10 Å². The first kappa shape index (κ1) is 20.7. The molecule has 6 heteroatoms. The fourth-order valence-corrected chi connectivity index (χ4v) is 4.73. The number of nitrogens with zero attached hydrogens (tertiary/aromatic N) is 1. The SMILES string of the molecule is COc1ccc(/C(C)=N\NP2(=O)C=C(c3ccccc3)OC(c3ccccc3)=C2)cc1. The molecule has 0 aromatic heterocycles. The van der Waals surface area contributed by atoms with E-state index < -0.39 is 7.29 Å². The summed E-state index contributed by atoms with van der Waals surface area (Å²) in [6.45, 7) is 1.87. The van der Waals surface area contributed by atoms with Crippen LogP contribution >= 0.6 is 7.29 Å². The first-order valence-electron chi connectivity index (χ1n) is 9.86. The normalized spacial score (nSPS) is 15.4. The first-order chi connectivity index (χ1) is 15.1. The number of hydrazone groups is 1. The first-order valence-corrected chi connectivity index (χ1v) is 11.7. The largest absolute Gasteiger partial charge is 0.497 e. The van der Waals surface area contributed by atoms with Crippen molar-refractivity contribution < 1.29 is 14.0 Å². The van der Waals surface area contributed by atoms with Crippen molar-refractivity contribution in [3.05, 3.63) is 113 Å². The Balaban J connectivity index is 1.67. The van der Waals surface area contributed by atoms with Crippen LogP contribution in [-0.2, 0) is 9.30 Å². The lowest BCUT2D eigenvalue weighted by Crippen LogP contribution is -2.08. The predicted molar refractivity (Wildman–Crippen MR) is 126 cm³/mol. The maximum Gasteiger partial charge on any atom is 0.235 e. The van der Waals surface area contributed by atoms with Gasteiger partial charge in [0.1, 0.15) is 17.3 Å². The van der Waals surface area contributed by atoms with E-state index >= 15 is 0 Å². The minimum absolute atomic E-state index is 0.537. The Hall–Kier alpha value is -3.56. The average Bonchev–Trinajstić information content (AvgIpc) is 2.83. The van der Waals surface area contributed by atoms with E-state index in [-0.39, 0.29) is 0 Å². The second-order valence-electron chi connectivity index (χ2n) is 7.06. The van der Waals surface area contributed by atoms with Gasteiger partial charge in [-0.2, -0.15) is 5.10 Å². The van der Waals surface area contributed by atoms with Crippen LogP contribution in [0.3, 0.4) is 0 Å². The zero-order valence-electron chi connectivity index (χ0n) is 17.4. The zero-order valence-corrected chi connectivity index (χ0v) is 18.3. The summed E-state index contributed by atoms with van der Waals surface area (Å²) in [6.07, 6.45) is 0. The van der Waals surface area contributed by atoms with Gasteiger partial charge in [-0.25, -0.2) is 0 Å². The van der Waals surface area contributed by atoms with Crippen LogP contribution in [0.1, 0.15) is 23.6 Å². The van der Waals surface area contributed by atoms with E-state index in [2.05, 4.69) is 10.3 Å². The monoisotopic (exact) mass is 430 g/mol. The Labute approximate surface area is 182 Å². The third-order valence-electron chi connectivity index (χ3n) is 4.84. The molecule has 5 nitrogen and oxygen atoms in total. The van der Waals surface area contributed by atoms with Crippen molar-refractivity contribution in [3.8, 4) is 5.75 Å². The van der Waals surface area contributed by atoms with Gasteiger partial charge < -0.3 is 9.47 Å². The number of hydrogen-bond donors (Lipinski definition) is 1. The summed E-state index contributed by atoms with van der Waals surface area (Å²) < 4.78 is 25.1. The molecule has 0 bridgehead atoms. The molecule has 0 aliphatic carbocycles. The lowest BCUT2D eigenvalue weighted by Gasteiger charge is -2.22. The molecule has 0 spiro atoms. The van der Waals surface area contributed by atoms with Crippen molar-refractivity contribution in [1.29, 1.82) is 0 Å². The van der Waals surface area contributed by atoms with Gasteiger partial charge in [0.25, 0.3) is 0 Å². The molecule has 0 saturated heterocycles. The van der Waals surface area contributed by atoms with Crippen molar-refractivity contribution >= 4 is 24.5 Å². The van der Waals surface area contributed by atoms with Gasteiger partial charge in [0.15, 0.2) is 0 Å². The molecule has 1 aliphatic heterocycles. The summed E-state index contributed by atoms with van der Waals surface area (Å²) in [5, 5.41) is 7.32. The summed E-state index contributed by atoms with van der Waals surface area (Å²) in [5.41, 5.74) is 3.32. The highest BCUT2D eigenvalue weighted by atomic mass is 31.2. The number of hydrogen-bond acceptors (Lipinski definition) is 4. The fourth-order valence-electron chi connectivity index (χ4n) is 3.14. The number of methoxy groups -OCH3 is 1. The van der Waals surface area contributed by atoms with Gasteiger partial charge in [-0.15, -0.1) is 0 Å². The molecule has 31 heavy (non-hydrogen) atoms. The third kappa shape index (κ3) is 4.96. The van der Waals surface area contributed by atoms with E-state index in [4.69, 9.17) is 9.47 Å². The number of benzene rings is 3. The predicted octanol–water partition coefficient (Wildman–Crippen LogP) is 6.31. The van der Waals surface area contributed by atoms with Crippen LogP contribution in [0, 0.1) is 0 Å². The lowest BCUT2D eigenvalue weighted by atomic mass is 10.1. The highest BCUT2D eigenvalue weighted by molar-refractivity contribution is 7.68. The van der Waals surface area contributed by atoms with Gasteiger partial charge in [0.2, 0.25) is 7.29 Å². The maximum absolute atomic E-state index is 13.8. The van der Waals surface area contributed by atoms with Crippen molar-refractivity contribution in [2.45, 2.75) is 6.92 Å². The van der Waals surface area contributed by atoms with Gasteiger partial charge in [-0.05, 0) is 36.8 Å². The van der Waals surface area contributed by atoms with Gasteiger partial charge in [-0.3, -0.25) is 9.76 Å². The zero-order chi connectivity index (χ0) is 21.7. The van der Waals surface area contributed by atoms with Crippen LogP contribution in [0.4, 0.5) is 0 Å². The summed E-state index contributed by atoms with van der Waals surface area (Å²) >= 11 is 0. The molecule has 1 heterocycles. The summed E-state index contributed by atoms with van der Waals surface area (Å²) in [7, 11) is -1.53. The van der Waals surface area contributed by atoms with E-state index in [0.717, 1.165) is 22.4 Å². The van der Waals surface area contributed by atoms with E-state index in [1.165, 1.54) is 0 Å². The average molecular weight is 430 g/mol. The van der Waals surface area contributed by atoms with Gasteiger partial charge in [0.05, 0.1) is 12.8 Å². The molecular weight excluding hydrogens is 407 g/mol. The summed E-state index contributed by atoms with van der Waals surface area (Å²) in [5.74, 6) is 5.09. The molecule has 0 unspecified atom stereocenters. The standard InChI is InChI=1S/C25H23N2O3P/c1-19(20-13-15-23(29-2)16-14-20)26-27-31(28)17-24(21-9-5-3-6-10-21)30-25(18-31)22-11-7-4-8-12-22/h3-18H,1-2H3,(H,27,28)/b26-19-. The molecule has 0 saturated carbocycles. The number of nitrogens with one attached hydrogen (secondary N) is 1. The molecule has 3 aromatic rings. The Morgan fingerprint density at radius 1 is 0.839 bits per heavy atom. The van der Waals surface area contributed by atoms with E-state index in [1.807, 2.05) is 91.9 Å². The third-order valence-corrected chi connectivity index (χ3v) is 6.49. The van der Waals surface area contributed by atoms with Crippen LogP contribution in [0.2, 0.25) is 0 Å². The van der Waals surface area contributed by atoms with Crippen molar-refractivity contribution in [3.63, 3.8) is 0 Å². The van der Waals surface area contributed by atoms with Crippen LogP contribution in [0.15, 0.2) is 102 Å². The lowest BCUT2D eigenvalue weighted by molar-refractivity contribution is 0.415. The van der Waals surface area contributed by atoms with Gasteiger partial charge >= 0.3 is 0 Å². The Morgan fingerprint density at radius 2 is 1.35 bits per heavy atom. The number of ether oxygens (including phenoxy) is 2. The van der Waals surface area contributed by atoms with Crippen LogP contribution in [0.25, 0.3) is 11.5 Å². The Bertz CT molecular complexity index is 1120. The molecule has 0 amide bonds. The van der Waals surface area contributed by atoms with E-state index in [1.54, 1.807) is 18.7 Å². The summed E-state index contributed by atoms with van der Waals surface area (Å²) in [4.78, 5) is 0. The quantitative estimate of drug-likeness (QED) is 0.283. The molecular formula is C25H23N2O3P. The molecule has 3 aromatic carbocycles. The van der Waals surface area contributed by atoms with E-state index in [0.29, 0.717) is 17.2 Å². The van der Waals surface area contributed by atoms with Crippen LogP contribution in [-0.4, -0.2) is 12.8 Å².